The van der Waals surface area contributed by atoms with Gasteiger partial charge >= 0.3 is 0 Å². The Labute approximate surface area is 134 Å². The lowest BCUT2D eigenvalue weighted by Crippen LogP contribution is -1.97. The molecule has 1 aromatic carbocycles. The van der Waals surface area contributed by atoms with Crippen LogP contribution in [0.25, 0.3) is 15.7 Å². The SMILES string of the molecule is Cc1cc(-c2nn3c(Cc4ccc(Cl)cc4)nnc3s2)no1. The summed E-state index contributed by atoms with van der Waals surface area (Å²) in [6, 6.07) is 9.51. The largest absolute Gasteiger partial charge is 0.361 e. The molecule has 4 aromatic rings. The van der Waals surface area contributed by atoms with E-state index in [1.807, 2.05) is 37.3 Å². The molecule has 0 unspecified atom stereocenters. The zero-order chi connectivity index (χ0) is 15.1. The molecule has 0 radical (unpaired) electrons. The second-order valence-electron chi connectivity index (χ2n) is 4.84. The fourth-order valence-corrected chi connectivity index (χ4v) is 3.06. The summed E-state index contributed by atoms with van der Waals surface area (Å²) in [5.41, 5.74) is 1.82. The fraction of sp³-hybridized carbons (Fsp3) is 0.143. The number of aromatic nitrogens is 5. The van der Waals surface area contributed by atoms with Gasteiger partial charge in [0.1, 0.15) is 11.5 Å². The summed E-state index contributed by atoms with van der Waals surface area (Å²) < 4.78 is 6.84. The summed E-state index contributed by atoms with van der Waals surface area (Å²) in [6.45, 7) is 1.85. The van der Waals surface area contributed by atoms with Gasteiger partial charge in [0.2, 0.25) is 4.96 Å². The van der Waals surface area contributed by atoms with Crippen LogP contribution in [0.3, 0.4) is 0 Å². The fourth-order valence-electron chi connectivity index (χ4n) is 2.12. The Bertz CT molecular complexity index is 940. The molecule has 0 atom stereocenters. The Morgan fingerprint density at radius 1 is 1.23 bits per heavy atom. The highest BCUT2D eigenvalue weighted by molar-refractivity contribution is 7.19. The van der Waals surface area contributed by atoms with Gasteiger partial charge in [-0.1, -0.05) is 40.2 Å². The highest BCUT2D eigenvalue weighted by Gasteiger charge is 2.15. The van der Waals surface area contributed by atoms with Gasteiger partial charge in [-0.3, -0.25) is 0 Å². The normalized spacial score (nSPS) is 11.4. The Kier molecular flexibility index (Phi) is 3.16. The number of hydrogen-bond acceptors (Lipinski definition) is 6. The first-order valence-corrected chi connectivity index (χ1v) is 7.78. The van der Waals surface area contributed by atoms with Gasteiger partial charge in [-0.05, 0) is 24.6 Å². The summed E-state index contributed by atoms with van der Waals surface area (Å²) in [6.07, 6.45) is 0.638. The van der Waals surface area contributed by atoms with Crippen LogP contribution in [-0.4, -0.2) is 25.0 Å². The molecule has 0 spiro atoms. The van der Waals surface area contributed by atoms with Crippen LogP contribution in [-0.2, 0) is 6.42 Å². The highest BCUT2D eigenvalue weighted by Crippen LogP contribution is 2.25. The van der Waals surface area contributed by atoms with Crippen LogP contribution in [0, 0.1) is 6.92 Å². The average molecular weight is 332 g/mol. The van der Waals surface area contributed by atoms with Gasteiger partial charge in [0, 0.05) is 17.5 Å². The van der Waals surface area contributed by atoms with Crippen molar-refractivity contribution < 1.29 is 4.52 Å². The van der Waals surface area contributed by atoms with E-state index in [4.69, 9.17) is 16.1 Å². The van der Waals surface area contributed by atoms with E-state index >= 15 is 0 Å². The third-order valence-corrected chi connectivity index (χ3v) is 4.35. The second kappa shape index (κ2) is 5.19. The molecule has 0 saturated heterocycles. The maximum Gasteiger partial charge on any atom is 0.235 e. The van der Waals surface area contributed by atoms with Crippen LogP contribution in [0.5, 0.6) is 0 Å². The summed E-state index contributed by atoms with van der Waals surface area (Å²) in [5.74, 6) is 1.53. The standard InChI is InChI=1S/C14H10ClN5OS/c1-8-6-11(19-21-8)13-18-20-12(16-17-14(20)22-13)7-9-2-4-10(15)5-3-9/h2-6H,7H2,1H3. The minimum Gasteiger partial charge on any atom is -0.361 e. The Morgan fingerprint density at radius 2 is 2.05 bits per heavy atom. The van der Waals surface area contributed by atoms with E-state index in [2.05, 4.69) is 20.5 Å². The quantitative estimate of drug-likeness (QED) is 0.575. The average Bonchev–Trinajstić information content (AvgIpc) is 3.18. The molecule has 110 valence electrons. The number of rotatable bonds is 3. The zero-order valence-corrected chi connectivity index (χ0v) is 13.1. The molecule has 0 aliphatic rings. The van der Waals surface area contributed by atoms with Crippen LogP contribution >= 0.6 is 22.9 Å². The number of hydrogen-bond donors (Lipinski definition) is 0. The Balaban J connectivity index is 1.70. The molecular formula is C14H10ClN5OS. The highest BCUT2D eigenvalue weighted by atomic mass is 35.5. The number of nitrogens with zero attached hydrogens (tertiary/aromatic N) is 5. The number of aryl methyl sites for hydroxylation is 1. The monoisotopic (exact) mass is 331 g/mol. The first-order chi connectivity index (χ1) is 10.7. The molecule has 22 heavy (non-hydrogen) atoms. The third-order valence-electron chi connectivity index (χ3n) is 3.18. The zero-order valence-electron chi connectivity index (χ0n) is 11.5. The van der Waals surface area contributed by atoms with Gasteiger partial charge in [0.15, 0.2) is 10.8 Å². The van der Waals surface area contributed by atoms with Crippen LogP contribution < -0.4 is 0 Å². The summed E-state index contributed by atoms with van der Waals surface area (Å²) >= 11 is 7.33. The van der Waals surface area contributed by atoms with E-state index < -0.39 is 0 Å². The third kappa shape index (κ3) is 2.38. The van der Waals surface area contributed by atoms with Crippen molar-refractivity contribution in [2.75, 3.05) is 0 Å². The lowest BCUT2D eigenvalue weighted by molar-refractivity contribution is 0.399. The van der Waals surface area contributed by atoms with E-state index in [0.717, 1.165) is 27.1 Å². The predicted octanol–water partition coefficient (Wildman–Crippen LogP) is 3.39. The van der Waals surface area contributed by atoms with E-state index in [1.165, 1.54) is 11.3 Å². The van der Waals surface area contributed by atoms with Gasteiger partial charge < -0.3 is 4.52 Å². The molecule has 4 rings (SSSR count). The van der Waals surface area contributed by atoms with E-state index in [1.54, 1.807) is 4.52 Å². The smallest absolute Gasteiger partial charge is 0.235 e. The van der Waals surface area contributed by atoms with Gasteiger partial charge in [0.05, 0.1) is 0 Å². The molecule has 8 heteroatoms. The molecule has 3 heterocycles. The van der Waals surface area contributed by atoms with Crippen molar-refractivity contribution in [2.45, 2.75) is 13.3 Å². The molecule has 0 bridgehead atoms. The Morgan fingerprint density at radius 3 is 2.77 bits per heavy atom. The minimum absolute atomic E-state index is 0.638. The first kappa shape index (κ1) is 13.4. The van der Waals surface area contributed by atoms with E-state index in [9.17, 15) is 0 Å². The van der Waals surface area contributed by atoms with E-state index in [-0.39, 0.29) is 0 Å². The van der Waals surface area contributed by atoms with Crippen LogP contribution in [0.1, 0.15) is 17.1 Å². The maximum atomic E-state index is 5.90. The Hall–Kier alpha value is -2.25. The summed E-state index contributed by atoms with van der Waals surface area (Å²) in [7, 11) is 0. The maximum absolute atomic E-state index is 5.90. The number of fused-ring (bicyclic) bond motifs is 1. The second-order valence-corrected chi connectivity index (χ2v) is 6.24. The predicted molar refractivity (Wildman–Crippen MR) is 83.2 cm³/mol. The molecule has 0 fully saturated rings. The van der Waals surface area contributed by atoms with Gasteiger partial charge in [0.25, 0.3) is 0 Å². The van der Waals surface area contributed by atoms with Crippen molar-refractivity contribution >= 4 is 27.9 Å². The minimum atomic E-state index is 0.638. The van der Waals surface area contributed by atoms with Crippen molar-refractivity contribution in [2.24, 2.45) is 0 Å². The molecule has 0 amide bonds. The summed E-state index contributed by atoms with van der Waals surface area (Å²) in [5, 5.41) is 18.4. The van der Waals surface area contributed by atoms with Crippen LogP contribution in [0.2, 0.25) is 5.02 Å². The van der Waals surface area contributed by atoms with Crippen molar-refractivity contribution in [3.63, 3.8) is 0 Å². The molecule has 0 N–H and O–H groups in total. The van der Waals surface area contributed by atoms with E-state index in [0.29, 0.717) is 17.1 Å². The van der Waals surface area contributed by atoms with Crippen LogP contribution in [0.15, 0.2) is 34.9 Å². The van der Waals surface area contributed by atoms with Crippen molar-refractivity contribution in [3.05, 3.63) is 52.5 Å². The lowest BCUT2D eigenvalue weighted by atomic mass is 10.1. The summed E-state index contributed by atoms with van der Waals surface area (Å²) in [4.78, 5) is 0.736. The molecule has 3 aromatic heterocycles. The molecular weight excluding hydrogens is 322 g/mol. The number of halogens is 1. The lowest BCUT2D eigenvalue weighted by Gasteiger charge is -1.98. The van der Waals surface area contributed by atoms with Gasteiger partial charge in [-0.15, -0.1) is 10.2 Å². The van der Waals surface area contributed by atoms with Crippen LogP contribution in [0.4, 0.5) is 0 Å². The molecule has 6 nitrogen and oxygen atoms in total. The molecule has 0 saturated carbocycles. The molecule has 0 aliphatic heterocycles. The van der Waals surface area contributed by atoms with Crippen molar-refractivity contribution in [1.29, 1.82) is 0 Å². The van der Waals surface area contributed by atoms with Crippen molar-refractivity contribution in [3.8, 4) is 10.7 Å². The van der Waals surface area contributed by atoms with Gasteiger partial charge in [-0.2, -0.15) is 9.61 Å². The topological polar surface area (TPSA) is 69.1 Å². The molecule has 0 aliphatic carbocycles. The number of benzene rings is 1. The first-order valence-electron chi connectivity index (χ1n) is 6.58. The van der Waals surface area contributed by atoms with Crippen molar-refractivity contribution in [1.82, 2.24) is 25.0 Å². The van der Waals surface area contributed by atoms with Gasteiger partial charge in [-0.25, -0.2) is 0 Å².